The van der Waals surface area contributed by atoms with E-state index in [9.17, 15) is 9.59 Å². The van der Waals surface area contributed by atoms with Crippen molar-refractivity contribution < 1.29 is 23.8 Å². The second-order valence-corrected chi connectivity index (χ2v) is 7.47. The van der Waals surface area contributed by atoms with Gasteiger partial charge in [0.1, 0.15) is 0 Å². The molecule has 3 aromatic rings. The van der Waals surface area contributed by atoms with Gasteiger partial charge in [0.05, 0.1) is 17.7 Å². The standard InChI is InChI=1S/C24H15Cl2NO5/c1-30-21-12-14(9-10-20(21)31-23(28)17-7-2-3-8-18(17)26)11-19-24(29)32-22(27-19)15-5-4-6-16(25)13-15/h2-13H,1H3/b19-11-. The van der Waals surface area contributed by atoms with Crippen LogP contribution >= 0.6 is 23.2 Å². The number of nitrogens with zero attached hydrogens (tertiary/aromatic N) is 1. The predicted molar refractivity (Wildman–Crippen MR) is 121 cm³/mol. The van der Waals surface area contributed by atoms with Crippen LogP contribution in [0.2, 0.25) is 10.0 Å². The molecule has 1 aliphatic rings. The number of carbonyl (C=O) groups is 2. The molecular formula is C24H15Cl2NO5. The minimum atomic E-state index is -0.616. The number of esters is 2. The van der Waals surface area contributed by atoms with Crippen molar-refractivity contribution in [2.24, 2.45) is 4.99 Å². The summed E-state index contributed by atoms with van der Waals surface area (Å²) in [7, 11) is 1.44. The Bertz CT molecular complexity index is 1280. The first kappa shape index (κ1) is 21.6. The van der Waals surface area contributed by atoms with Crippen molar-refractivity contribution in [1.29, 1.82) is 0 Å². The minimum Gasteiger partial charge on any atom is -0.493 e. The zero-order valence-electron chi connectivity index (χ0n) is 16.7. The molecule has 0 amide bonds. The first-order valence-corrected chi connectivity index (χ1v) is 10.1. The fourth-order valence-electron chi connectivity index (χ4n) is 2.95. The van der Waals surface area contributed by atoms with Crippen molar-refractivity contribution in [1.82, 2.24) is 0 Å². The van der Waals surface area contributed by atoms with Gasteiger partial charge < -0.3 is 14.2 Å². The quantitative estimate of drug-likeness (QED) is 0.278. The van der Waals surface area contributed by atoms with E-state index in [0.717, 1.165) is 0 Å². The molecule has 0 unspecified atom stereocenters. The lowest BCUT2D eigenvalue weighted by molar-refractivity contribution is -0.129. The maximum atomic E-state index is 12.4. The first-order valence-electron chi connectivity index (χ1n) is 9.38. The topological polar surface area (TPSA) is 74.2 Å². The molecule has 0 saturated carbocycles. The molecule has 0 spiro atoms. The van der Waals surface area contributed by atoms with E-state index in [4.69, 9.17) is 37.4 Å². The van der Waals surface area contributed by atoms with Crippen LogP contribution in [0.25, 0.3) is 6.08 Å². The van der Waals surface area contributed by atoms with Crippen LogP contribution in [-0.4, -0.2) is 24.9 Å². The van der Waals surface area contributed by atoms with Crippen LogP contribution in [0.4, 0.5) is 0 Å². The third-order valence-corrected chi connectivity index (χ3v) is 5.04. The van der Waals surface area contributed by atoms with Crippen molar-refractivity contribution >= 4 is 47.1 Å². The highest BCUT2D eigenvalue weighted by Crippen LogP contribution is 2.31. The fraction of sp³-hybridized carbons (Fsp3) is 0.0417. The van der Waals surface area contributed by atoms with Crippen LogP contribution in [0.3, 0.4) is 0 Å². The van der Waals surface area contributed by atoms with Gasteiger partial charge in [-0.2, -0.15) is 0 Å². The van der Waals surface area contributed by atoms with Crippen molar-refractivity contribution in [3.63, 3.8) is 0 Å². The lowest BCUT2D eigenvalue weighted by atomic mass is 10.1. The molecule has 1 aliphatic heterocycles. The Kier molecular flexibility index (Phi) is 6.25. The molecule has 0 radical (unpaired) electrons. The Labute approximate surface area is 193 Å². The summed E-state index contributed by atoms with van der Waals surface area (Å²) in [6.07, 6.45) is 1.54. The zero-order valence-corrected chi connectivity index (χ0v) is 18.2. The molecule has 4 rings (SSSR count). The van der Waals surface area contributed by atoms with E-state index >= 15 is 0 Å². The van der Waals surface area contributed by atoms with Crippen LogP contribution < -0.4 is 9.47 Å². The third-order valence-electron chi connectivity index (χ3n) is 4.48. The van der Waals surface area contributed by atoms with Crippen molar-refractivity contribution in [3.05, 3.63) is 99.2 Å². The van der Waals surface area contributed by atoms with Gasteiger partial charge in [0, 0.05) is 10.6 Å². The lowest BCUT2D eigenvalue weighted by Crippen LogP contribution is -2.09. The number of hydrogen-bond donors (Lipinski definition) is 0. The number of halogens is 2. The highest BCUT2D eigenvalue weighted by molar-refractivity contribution is 6.33. The maximum Gasteiger partial charge on any atom is 0.363 e. The monoisotopic (exact) mass is 467 g/mol. The Balaban J connectivity index is 1.59. The SMILES string of the molecule is COc1cc(/C=C2\N=C(c3cccc(Cl)c3)OC2=O)ccc1OC(=O)c1ccccc1Cl. The van der Waals surface area contributed by atoms with E-state index < -0.39 is 11.9 Å². The molecule has 3 aromatic carbocycles. The molecule has 0 atom stereocenters. The summed E-state index contributed by atoms with van der Waals surface area (Å²) >= 11 is 12.0. The Hall–Kier alpha value is -3.61. The summed E-state index contributed by atoms with van der Waals surface area (Å²) in [5, 5.41) is 0.788. The highest BCUT2D eigenvalue weighted by Gasteiger charge is 2.24. The van der Waals surface area contributed by atoms with Gasteiger partial charge in [0.25, 0.3) is 0 Å². The Morgan fingerprint density at radius 3 is 2.56 bits per heavy atom. The number of aliphatic imine (C=N–C) groups is 1. The zero-order chi connectivity index (χ0) is 22.7. The molecule has 32 heavy (non-hydrogen) atoms. The van der Waals surface area contributed by atoms with Gasteiger partial charge >= 0.3 is 11.9 Å². The molecule has 6 nitrogen and oxygen atoms in total. The molecule has 0 aliphatic carbocycles. The molecule has 8 heteroatoms. The summed E-state index contributed by atoms with van der Waals surface area (Å²) in [6.45, 7) is 0. The molecule has 0 saturated heterocycles. The number of hydrogen-bond acceptors (Lipinski definition) is 6. The number of ether oxygens (including phenoxy) is 3. The van der Waals surface area contributed by atoms with Gasteiger partial charge in [0.15, 0.2) is 17.2 Å². The summed E-state index contributed by atoms with van der Waals surface area (Å²) < 4.78 is 16.0. The van der Waals surface area contributed by atoms with Gasteiger partial charge in [0.2, 0.25) is 5.90 Å². The van der Waals surface area contributed by atoms with Crippen LogP contribution in [-0.2, 0) is 9.53 Å². The third kappa shape index (κ3) is 4.66. The summed E-state index contributed by atoms with van der Waals surface area (Å²) in [5.74, 6) is -0.536. The molecule has 0 fully saturated rings. The number of benzene rings is 3. The number of carbonyl (C=O) groups excluding carboxylic acids is 2. The smallest absolute Gasteiger partial charge is 0.363 e. The van der Waals surface area contributed by atoms with E-state index in [-0.39, 0.29) is 27.9 Å². The van der Waals surface area contributed by atoms with Crippen LogP contribution in [0, 0.1) is 0 Å². The number of rotatable bonds is 5. The first-order chi connectivity index (χ1) is 15.4. The second-order valence-electron chi connectivity index (χ2n) is 6.63. The van der Waals surface area contributed by atoms with Crippen molar-refractivity contribution in [2.75, 3.05) is 7.11 Å². The van der Waals surface area contributed by atoms with E-state index in [1.807, 2.05) is 0 Å². The summed E-state index contributed by atoms with van der Waals surface area (Å²) in [5.41, 5.74) is 1.54. The Morgan fingerprint density at radius 2 is 1.81 bits per heavy atom. The predicted octanol–water partition coefficient (Wildman–Crippen LogP) is 5.57. The minimum absolute atomic E-state index is 0.114. The van der Waals surface area contributed by atoms with E-state index in [2.05, 4.69) is 4.99 Å². The number of cyclic esters (lactones) is 1. The second kappa shape index (κ2) is 9.26. The molecule has 160 valence electrons. The van der Waals surface area contributed by atoms with Gasteiger partial charge in [-0.1, -0.05) is 47.5 Å². The average molecular weight is 468 g/mol. The van der Waals surface area contributed by atoms with Crippen molar-refractivity contribution in [2.45, 2.75) is 0 Å². The summed E-state index contributed by atoms with van der Waals surface area (Å²) in [6, 6.07) is 18.3. The van der Waals surface area contributed by atoms with Crippen LogP contribution in [0.1, 0.15) is 21.5 Å². The largest absolute Gasteiger partial charge is 0.493 e. The van der Waals surface area contributed by atoms with E-state index in [1.165, 1.54) is 7.11 Å². The van der Waals surface area contributed by atoms with E-state index in [0.29, 0.717) is 21.9 Å². The highest BCUT2D eigenvalue weighted by atomic mass is 35.5. The van der Waals surface area contributed by atoms with Gasteiger partial charge in [-0.15, -0.1) is 0 Å². The summed E-state index contributed by atoms with van der Waals surface area (Å²) in [4.78, 5) is 29.0. The normalized spacial score (nSPS) is 14.2. The molecule has 0 N–H and O–H groups in total. The Morgan fingerprint density at radius 1 is 1.00 bits per heavy atom. The number of methoxy groups -OCH3 is 1. The van der Waals surface area contributed by atoms with Gasteiger partial charge in [-0.3, -0.25) is 0 Å². The van der Waals surface area contributed by atoms with Crippen LogP contribution in [0.15, 0.2) is 77.4 Å². The van der Waals surface area contributed by atoms with Crippen LogP contribution in [0.5, 0.6) is 11.5 Å². The van der Waals surface area contributed by atoms with Gasteiger partial charge in [-0.05, 0) is 54.1 Å². The molecular weight excluding hydrogens is 453 g/mol. The average Bonchev–Trinajstić information content (AvgIpc) is 3.15. The molecule has 0 bridgehead atoms. The molecule has 0 aromatic heterocycles. The van der Waals surface area contributed by atoms with Crippen molar-refractivity contribution in [3.8, 4) is 11.5 Å². The lowest BCUT2D eigenvalue weighted by Gasteiger charge is -2.10. The fourth-order valence-corrected chi connectivity index (χ4v) is 3.36. The maximum absolute atomic E-state index is 12.4. The van der Waals surface area contributed by atoms with Gasteiger partial charge in [-0.25, -0.2) is 14.6 Å². The molecule has 1 heterocycles. The van der Waals surface area contributed by atoms with E-state index in [1.54, 1.807) is 72.8 Å².